The Bertz CT molecular complexity index is 364. The summed E-state index contributed by atoms with van der Waals surface area (Å²) in [6.45, 7) is 4.92. The van der Waals surface area contributed by atoms with Crippen molar-refractivity contribution in [2.75, 3.05) is 13.1 Å². The topological polar surface area (TPSA) is 20.3 Å². The maximum atomic E-state index is 13.5. The smallest absolute Gasteiger partial charge is 0.256 e. The van der Waals surface area contributed by atoms with E-state index in [4.69, 9.17) is 0 Å². The standard InChI is InChI=1S/C11H13BrFNO/c1-3-14(4-2)11(15)9-6-5-8(12)7-10(9)13/h5-7H,3-4H2,1-2H3. The molecule has 1 aromatic carbocycles. The molecular weight excluding hydrogens is 261 g/mol. The van der Waals surface area contributed by atoms with Crippen LogP contribution in [0.3, 0.4) is 0 Å². The third-order valence-electron chi connectivity index (χ3n) is 2.21. The highest BCUT2D eigenvalue weighted by Gasteiger charge is 2.16. The van der Waals surface area contributed by atoms with Gasteiger partial charge >= 0.3 is 0 Å². The number of hydrogen-bond donors (Lipinski definition) is 0. The van der Waals surface area contributed by atoms with Crippen LogP contribution in [0.5, 0.6) is 0 Å². The fraction of sp³-hybridized carbons (Fsp3) is 0.364. The molecule has 1 aromatic rings. The molecule has 0 fully saturated rings. The van der Waals surface area contributed by atoms with Gasteiger partial charge in [-0.2, -0.15) is 0 Å². The Hall–Kier alpha value is -0.900. The molecule has 0 N–H and O–H groups in total. The van der Waals surface area contributed by atoms with Crippen molar-refractivity contribution in [3.05, 3.63) is 34.1 Å². The first kappa shape index (κ1) is 12.2. The molecule has 0 aliphatic heterocycles. The van der Waals surface area contributed by atoms with Crippen LogP contribution < -0.4 is 0 Å². The maximum absolute atomic E-state index is 13.5. The molecule has 4 heteroatoms. The van der Waals surface area contributed by atoms with Gasteiger partial charge in [0.1, 0.15) is 5.82 Å². The Balaban J connectivity index is 3.00. The van der Waals surface area contributed by atoms with E-state index in [9.17, 15) is 9.18 Å². The van der Waals surface area contributed by atoms with E-state index in [0.29, 0.717) is 17.6 Å². The zero-order valence-electron chi connectivity index (χ0n) is 8.76. The molecule has 82 valence electrons. The first-order valence-electron chi connectivity index (χ1n) is 4.84. The normalized spacial score (nSPS) is 10.1. The molecule has 0 unspecified atom stereocenters. The first-order valence-corrected chi connectivity index (χ1v) is 5.63. The lowest BCUT2D eigenvalue weighted by atomic mass is 10.2. The molecule has 2 nitrogen and oxygen atoms in total. The Morgan fingerprint density at radius 1 is 1.40 bits per heavy atom. The van der Waals surface area contributed by atoms with Crippen LogP contribution >= 0.6 is 15.9 Å². The second kappa shape index (κ2) is 5.26. The number of amides is 1. The molecule has 0 bridgehead atoms. The van der Waals surface area contributed by atoms with Crippen molar-refractivity contribution in [1.82, 2.24) is 4.90 Å². The fourth-order valence-electron chi connectivity index (χ4n) is 1.34. The minimum atomic E-state index is -0.485. The van der Waals surface area contributed by atoms with E-state index in [1.54, 1.807) is 11.0 Å². The zero-order valence-corrected chi connectivity index (χ0v) is 10.3. The lowest BCUT2D eigenvalue weighted by Gasteiger charge is -2.18. The quantitative estimate of drug-likeness (QED) is 0.829. The molecule has 0 saturated heterocycles. The van der Waals surface area contributed by atoms with E-state index in [0.717, 1.165) is 0 Å². The van der Waals surface area contributed by atoms with Gasteiger partial charge in [0.2, 0.25) is 0 Å². The Kier molecular flexibility index (Phi) is 4.27. The molecule has 1 rings (SSSR count). The summed E-state index contributed by atoms with van der Waals surface area (Å²) in [5.74, 6) is -0.744. The van der Waals surface area contributed by atoms with Crippen LogP contribution in [0.2, 0.25) is 0 Å². The van der Waals surface area contributed by atoms with E-state index >= 15 is 0 Å². The third kappa shape index (κ3) is 2.78. The van der Waals surface area contributed by atoms with Crippen molar-refractivity contribution >= 4 is 21.8 Å². The van der Waals surface area contributed by atoms with Crippen molar-refractivity contribution in [3.8, 4) is 0 Å². The van der Waals surface area contributed by atoms with Gasteiger partial charge < -0.3 is 4.90 Å². The Labute approximate surface area is 97.2 Å². The van der Waals surface area contributed by atoms with Crippen LogP contribution in [0.15, 0.2) is 22.7 Å². The summed E-state index contributed by atoms with van der Waals surface area (Å²) in [7, 11) is 0. The van der Waals surface area contributed by atoms with E-state index < -0.39 is 5.82 Å². The highest BCUT2D eigenvalue weighted by atomic mass is 79.9. The van der Waals surface area contributed by atoms with Gasteiger partial charge in [0.25, 0.3) is 5.91 Å². The average Bonchev–Trinajstić information content (AvgIpc) is 2.19. The maximum Gasteiger partial charge on any atom is 0.256 e. The predicted molar refractivity (Wildman–Crippen MR) is 61.4 cm³/mol. The van der Waals surface area contributed by atoms with Crippen LogP contribution in [-0.4, -0.2) is 23.9 Å². The summed E-state index contributed by atoms with van der Waals surface area (Å²) in [6, 6.07) is 4.47. The number of benzene rings is 1. The molecular formula is C11H13BrFNO. The van der Waals surface area contributed by atoms with Gasteiger partial charge in [-0.25, -0.2) is 4.39 Å². The van der Waals surface area contributed by atoms with E-state index in [1.165, 1.54) is 12.1 Å². The van der Waals surface area contributed by atoms with Crippen LogP contribution in [0.1, 0.15) is 24.2 Å². The number of rotatable bonds is 3. The molecule has 0 saturated carbocycles. The monoisotopic (exact) mass is 273 g/mol. The molecule has 0 atom stereocenters. The van der Waals surface area contributed by atoms with Gasteiger partial charge in [0, 0.05) is 17.6 Å². The van der Waals surface area contributed by atoms with Crippen molar-refractivity contribution in [3.63, 3.8) is 0 Å². The highest BCUT2D eigenvalue weighted by molar-refractivity contribution is 9.10. The van der Waals surface area contributed by atoms with Crippen molar-refractivity contribution in [2.45, 2.75) is 13.8 Å². The van der Waals surface area contributed by atoms with Crippen LogP contribution in [-0.2, 0) is 0 Å². The SMILES string of the molecule is CCN(CC)C(=O)c1ccc(Br)cc1F. The summed E-state index contributed by atoms with van der Waals surface area (Å²) >= 11 is 3.15. The van der Waals surface area contributed by atoms with E-state index in [-0.39, 0.29) is 11.5 Å². The minimum Gasteiger partial charge on any atom is -0.339 e. The molecule has 0 radical (unpaired) electrons. The van der Waals surface area contributed by atoms with Crippen LogP contribution in [0.4, 0.5) is 4.39 Å². The van der Waals surface area contributed by atoms with Gasteiger partial charge in [-0.1, -0.05) is 15.9 Å². The Morgan fingerprint density at radius 3 is 2.47 bits per heavy atom. The van der Waals surface area contributed by atoms with Crippen molar-refractivity contribution < 1.29 is 9.18 Å². The number of halogens is 2. The lowest BCUT2D eigenvalue weighted by Crippen LogP contribution is -2.31. The first-order chi connectivity index (χ1) is 7.10. The largest absolute Gasteiger partial charge is 0.339 e. The van der Waals surface area contributed by atoms with Crippen LogP contribution in [0, 0.1) is 5.82 Å². The third-order valence-corrected chi connectivity index (χ3v) is 2.71. The van der Waals surface area contributed by atoms with E-state index in [1.807, 2.05) is 13.8 Å². The molecule has 0 aliphatic rings. The summed E-state index contributed by atoms with van der Waals surface area (Å²) in [6.07, 6.45) is 0. The molecule has 0 spiro atoms. The molecule has 0 aromatic heterocycles. The molecule has 0 heterocycles. The van der Waals surface area contributed by atoms with Gasteiger partial charge in [-0.3, -0.25) is 4.79 Å². The number of carbonyl (C=O) groups is 1. The van der Waals surface area contributed by atoms with E-state index in [2.05, 4.69) is 15.9 Å². The number of nitrogens with zero attached hydrogens (tertiary/aromatic N) is 1. The summed E-state index contributed by atoms with van der Waals surface area (Å²) in [5.41, 5.74) is 0.127. The van der Waals surface area contributed by atoms with Gasteiger partial charge in [-0.05, 0) is 32.0 Å². The van der Waals surface area contributed by atoms with Crippen LogP contribution in [0.25, 0.3) is 0 Å². The number of hydrogen-bond acceptors (Lipinski definition) is 1. The summed E-state index contributed by atoms with van der Waals surface area (Å²) in [5, 5.41) is 0. The predicted octanol–water partition coefficient (Wildman–Crippen LogP) is 3.07. The van der Waals surface area contributed by atoms with Gasteiger partial charge in [0.15, 0.2) is 0 Å². The summed E-state index contributed by atoms with van der Waals surface area (Å²) < 4.78 is 14.1. The lowest BCUT2D eigenvalue weighted by molar-refractivity contribution is 0.0768. The fourth-order valence-corrected chi connectivity index (χ4v) is 1.68. The second-order valence-corrected chi connectivity index (χ2v) is 4.02. The molecule has 0 aliphatic carbocycles. The van der Waals surface area contributed by atoms with Gasteiger partial charge in [0.05, 0.1) is 5.56 Å². The zero-order chi connectivity index (χ0) is 11.4. The van der Waals surface area contributed by atoms with Crippen molar-refractivity contribution in [2.24, 2.45) is 0 Å². The molecule has 15 heavy (non-hydrogen) atoms. The highest BCUT2D eigenvalue weighted by Crippen LogP contribution is 2.16. The average molecular weight is 274 g/mol. The number of carbonyl (C=O) groups excluding carboxylic acids is 1. The van der Waals surface area contributed by atoms with Gasteiger partial charge in [-0.15, -0.1) is 0 Å². The Morgan fingerprint density at radius 2 is 2.00 bits per heavy atom. The minimum absolute atomic E-state index is 0.127. The summed E-state index contributed by atoms with van der Waals surface area (Å²) in [4.78, 5) is 13.4. The second-order valence-electron chi connectivity index (χ2n) is 3.10. The van der Waals surface area contributed by atoms with Crippen molar-refractivity contribution in [1.29, 1.82) is 0 Å². The molecule has 1 amide bonds.